The van der Waals surface area contributed by atoms with Crippen molar-refractivity contribution in [2.45, 2.75) is 19.0 Å². The molecule has 0 spiro atoms. The first kappa shape index (κ1) is 14.0. The van der Waals surface area contributed by atoms with Crippen molar-refractivity contribution in [3.63, 3.8) is 0 Å². The minimum atomic E-state index is -4.80. The Morgan fingerprint density at radius 3 is 2.53 bits per heavy atom. The highest BCUT2D eigenvalue weighted by Gasteiger charge is 2.38. The number of halogens is 4. The molecule has 0 saturated heterocycles. The normalized spacial score (nSPS) is 11.3. The highest BCUT2D eigenvalue weighted by molar-refractivity contribution is 9.10. The molecule has 0 aromatic heterocycles. The summed E-state index contributed by atoms with van der Waals surface area (Å²) >= 11 is 3.34. The van der Waals surface area contributed by atoms with Crippen molar-refractivity contribution in [2.75, 3.05) is 6.54 Å². The summed E-state index contributed by atoms with van der Waals surface area (Å²) in [5.41, 5.74) is 1.01. The van der Waals surface area contributed by atoms with Gasteiger partial charge in [0, 0.05) is 11.0 Å². The lowest BCUT2D eigenvalue weighted by Crippen LogP contribution is -2.37. The van der Waals surface area contributed by atoms with Gasteiger partial charge in [-0.1, -0.05) is 34.1 Å². The summed E-state index contributed by atoms with van der Waals surface area (Å²) < 4.78 is 36.5. The van der Waals surface area contributed by atoms with Gasteiger partial charge < -0.3 is 5.32 Å². The number of rotatable bonds is 4. The number of nitrogens with one attached hydrogen (secondary N) is 1. The zero-order valence-electron chi connectivity index (χ0n) is 8.85. The van der Waals surface area contributed by atoms with E-state index in [1.54, 1.807) is 0 Å². The molecular formula is C11H11BrF3NO. The van der Waals surface area contributed by atoms with Crippen molar-refractivity contribution in [1.29, 1.82) is 0 Å². The van der Waals surface area contributed by atoms with E-state index in [0.29, 0.717) is 12.8 Å². The SMILES string of the molecule is O=C(NCCCc1ccccc1Br)C(F)(F)F. The molecule has 0 radical (unpaired) electrons. The molecule has 1 aromatic carbocycles. The zero-order chi connectivity index (χ0) is 12.9. The number of benzene rings is 1. The van der Waals surface area contributed by atoms with Crippen molar-refractivity contribution in [2.24, 2.45) is 0 Å². The number of carbonyl (C=O) groups excluding carboxylic acids is 1. The van der Waals surface area contributed by atoms with E-state index >= 15 is 0 Å². The first-order valence-electron chi connectivity index (χ1n) is 4.99. The molecule has 0 bridgehead atoms. The molecule has 94 valence electrons. The zero-order valence-corrected chi connectivity index (χ0v) is 10.4. The highest BCUT2D eigenvalue weighted by Crippen LogP contribution is 2.17. The number of alkyl halides is 3. The molecule has 1 N–H and O–H groups in total. The summed E-state index contributed by atoms with van der Waals surface area (Å²) in [7, 11) is 0. The lowest BCUT2D eigenvalue weighted by Gasteiger charge is -2.08. The molecule has 0 saturated carbocycles. The Morgan fingerprint density at radius 1 is 1.29 bits per heavy atom. The van der Waals surface area contributed by atoms with Gasteiger partial charge in [-0.25, -0.2) is 0 Å². The topological polar surface area (TPSA) is 29.1 Å². The molecule has 0 aliphatic carbocycles. The van der Waals surface area contributed by atoms with Crippen LogP contribution in [0.1, 0.15) is 12.0 Å². The molecule has 0 aliphatic rings. The summed E-state index contributed by atoms with van der Waals surface area (Å²) in [6.07, 6.45) is -3.72. The van der Waals surface area contributed by atoms with Crippen molar-refractivity contribution < 1.29 is 18.0 Å². The molecule has 0 atom stereocenters. The third-order valence-corrected chi connectivity index (χ3v) is 2.90. The number of carbonyl (C=O) groups is 1. The third-order valence-electron chi connectivity index (χ3n) is 2.12. The van der Waals surface area contributed by atoms with Crippen LogP contribution in [0.15, 0.2) is 28.7 Å². The van der Waals surface area contributed by atoms with Crippen molar-refractivity contribution in [3.05, 3.63) is 34.3 Å². The molecule has 0 heterocycles. The van der Waals surface area contributed by atoms with Crippen LogP contribution in [-0.2, 0) is 11.2 Å². The summed E-state index contributed by atoms with van der Waals surface area (Å²) in [5, 5.41) is 1.83. The average molecular weight is 310 g/mol. The van der Waals surface area contributed by atoms with Gasteiger partial charge >= 0.3 is 12.1 Å². The lowest BCUT2D eigenvalue weighted by molar-refractivity contribution is -0.173. The van der Waals surface area contributed by atoms with Crippen molar-refractivity contribution in [3.8, 4) is 0 Å². The predicted molar refractivity (Wildman–Crippen MR) is 61.5 cm³/mol. The number of aryl methyl sites for hydroxylation is 1. The van der Waals surface area contributed by atoms with Gasteiger partial charge in [-0.05, 0) is 24.5 Å². The predicted octanol–water partition coefficient (Wildman–Crippen LogP) is 3.06. The minimum Gasteiger partial charge on any atom is -0.348 e. The lowest BCUT2D eigenvalue weighted by atomic mass is 10.1. The summed E-state index contributed by atoms with van der Waals surface area (Å²) in [5.74, 6) is -1.88. The van der Waals surface area contributed by atoms with Gasteiger partial charge in [0.2, 0.25) is 0 Å². The standard InChI is InChI=1S/C11H11BrF3NO/c12-9-6-2-1-4-8(9)5-3-7-16-10(17)11(13,14)15/h1-2,4,6H,3,5,7H2,(H,16,17). The summed E-state index contributed by atoms with van der Waals surface area (Å²) in [6, 6.07) is 7.46. The first-order chi connectivity index (χ1) is 7.91. The largest absolute Gasteiger partial charge is 0.471 e. The second kappa shape index (κ2) is 6.05. The van der Waals surface area contributed by atoms with Crippen LogP contribution in [0.5, 0.6) is 0 Å². The van der Waals surface area contributed by atoms with E-state index in [1.165, 1.54) is 0 Å². The fraction of sp³-hybridized carbons (Fsp3) is 0.364. The van der Waals surface area contributed by atoms with Crippen LogP contribution in [0.25, 0.3) is 0 Å². The van der Waals surface area contributed by atoms with Crippen LogP contribution in [0.3, 0.4) is 0 Å². The molecule has 0 aliphatic heterocycles. The van der Waals surface area contributed by atoms with E-state index < -0.39 is 12.1 Å². The van der Waals surface area contributed by atoms with Gasteiger partial charge in [-0.15, -0.1) is 0 Å². The average Bonchev–Trinajstić information content (AvgIpc) is 2.25. The Bertz CT molecular complexity index is 393. The van der Waals surface area contributed by atoms with Crippen molar-refractivity contribution in [1.82, 2.24) is 5.32 Å². The van der Waals surface area contributed by atoms with Crippen LogP contribution in [0.4, 0.5) is 13.2 Å². The summed E-state index contributed by atoms with van der Waals surface area (Å²) in [4.78, 5) is 10.5. The van der Waals surface area contributed by atoms with Crippen LogP contribution in [0.2, 0.25) is 0 Å². The maximum atomic E-state index is 11.8. The minimum absolute atomic E-state index is 0.0136. The smallest absolute Gasteiger partial charge is 0.348 e. The molecule has 17 heavy (non-hydrogen) atoms. The fourth-order valence-electron chi connectivity index (χ4n) is 1.28. The van der Waals surface area contributed by atoms with Gasteiger partial charge in [0.25, 0.3) is 0 Å². The Morgan fingerprint density at radius 2 is 1.94 bits per heavy atom. The number of hydrogen-bond acceptors (Lipinski definition) is 1. The molecule has 2 nitrogen and oxygen atoms in total. The Labute approximate surface area is 105 Å². The van der Waals surface area contributed by atoms with Gasteiger partial charge in [0.15, 0.2) is 0 Å². The van der Waals surface area contributed by atoms with Gasteiger partial charge in [0.05, 0.1) is 0 Å². The first-order valence-corrected chi connectivity index (χ1v) is 5.79. The molecule has 1 amide bonds. The Hall–Kier alpha value is -1.04. The van der Waals surface area contributed by atoms with Crippen LogP contribution >= 0.6 is 15.9 Å². The quantitative estimate of drug-likeness (QED) is 0.851. The van der Waals surface area contributed by atoms with Gasteiger partial charge in [0.1, 0.15) is 0 Å². The van der Waals surface area contributed by atoms with E-state index in [4.69, 9.17) is 0 Å². The molecule has 1 aromatic rings. The van der Waals surface area contributed by atoms with Crippen LogP contribution in [-0.4, -0.2) is 18.6 Å². The maximum Gasteiger partial charge on any atom is 0.471 e. The van der Waals surface area contributed by atoms with E-state index in [2.05, 4.69) is 15.9 Å². The molecular weight excluding hydrogens is 299 g/mol. The second-order valence-electron chi connectivity index (χ2n) is 3.45. The number of hydrogen-bond donors (Lipinski definition) is 1. The van der Waals surface area contributed by atoms with Gasteiger partial charge in [-0.3, -0.25) is 4.79 Å². The van der Waals surface area contributed by atoms with E-state index in [-0.39, 0.29) is 6.54 Å². The Kier molecular flexibility index (Phi) is 4.99. The number of amides is 1. The summed E-state index contributed by atoms with van der Waals surface area (Å²) in [6.45, 7) is 0.0136. The van der Waals surface area contributed by atoms with E-state index in [1.807, 2.05) is 29.6 Å². The monoisotopic (exact) mass is 309 g/mol. The second-order valence-corrected chi connectivity index (χ2v) is 4.30. The van der Waals surface area contributed by atoms with Crippen LogP contribution < -0.4 is 5.32 Å². The maximum absolute atomic E-state index is 11.8. The van der Waals surface area contributed by atoms with Crippen LogP contribution in [0, 0.1) is 0 Å². The molecule has 0 fully saturated rings. The molecule has 6 heteroatoms. The van der Waals surface area contributed by atoms with E-state index in [9.17, 15) is 18.0 Å². The Balaban J connectivity index is 2.30. The highest BCUT2D eigenvalue weighted by atomic mass is 79.9. The molecule has 1 rings (SSSR count). The van der Waals surface area contributed by atoms with E-state index in [0.717, 1.165) is 10.0 Å². The fourth-order valence-corrected chi connectivity index (χ4v) is 1.77. The van der Waals surface area contributed by atoms with Crippen molar-refractivity contribution >= 4 is 21.8 Å². The van der Waals surface area contributed by atoms with Gasteiger partial charge in [-0.2, -0.15) is 13.2 Å². The third kappa shape index (κ3) is 4.77. The molecule has 0 unspecified atom stereocenters.